The number of amides is 1. The summed E-state index contributed by atoms with van der Waals surface area (Å²) in [4.78, 5) is 14.8. The smallest absolute Gasteiger partial charge is 0.265 e. The minimum absolute atomic E-state index is 0.0637. The van der Waals surface area contributed by atoms with Crippen LogP contribution in [0.4, 0.5) is 0 Å². The Labute approximate surface area is 133 Å². The first kappa shape index (κ1) is 15.6. The number of carbonyl (C=O) groups excluding carboxylic acids is 1. The summed E-state index contributed by atoms with van der Waals surface area (Å²) in [5.74, 6) is 5.64. The normalized spacial score (nSPS) is 9.86. The van der Waals surface area contributed by atoms with Crippen molar-refractivity contribution in [3.8, 4) is 11.8 Å². The second-order valence-electron chi connectivity index (χ2n) is 4.42. The fraction of sp³-hybridized carbons (Fsp3) is 0.188. The van der Waals surface area contributed by atoms with Gasteiger partial charge in [0.15, 0.2) is 0 Å². The maximum Gasteiger partial charge on any atom is 0.265 e. The Morgan fingerprint density at radius 2 is 2.14 bits per heavy atom. The van der Waals surface area contributed by atoms with Crippen LogP contribution in [0.2, 0.25) is 5.02 Å². The van der Waals surface area contributed by atoms with Crippen LogP contribution in [0.1, 0.15) is 20.8 Å². The fourth-order valence-electron chi connectivity index (χ4n) is 1.85. The van der Waals surface area contributed by atoms with Gasteiger partial charge in [-0.05, 0) is 23.1 Å². The summed E-state index contributed by atoms with van der Waals surface area (Å²) in [6.07, 6.45) is 0. The molecule has 2 N–H and O–H groups in total. The van der Waals surface area contributed by atoms with Gasteiger partial charge in [-0.2, -0.15) is 0 Å². The minimum Gasteiger partial charge on any atom is -0.337 e. The van der Waals surface area contributed by atoms with E-state index in [1.807, 2.05) is 35.7 Å². The van der Waals surface area contributed by atoms with Gasteiger partial charge in [0.2, 0.25) is 0 Å². The zero-order valence-electron chi connectivity index (χ0n) is 11.6. The van der Waals surface area contributed by atoms with Gasteiger partial charge in [0, 0.05) is 24.2 Å². The molecule has 1 aromatic heterocycles. The Morgan fingerprint density at radius 3 is 2.86 bits per heavy atom. The van der Waals surface area contributed by atoms with Crippen LogP contribution in [0.15, 0.2) is 35.7 Å². The van der Waals surface area contributed by atoms with Crippen LogP contribution in [0, 0.1) is 11.8 Å². The van der Waals surface area contributed by atoms with Gasteiger partial charge in [0.1, 0.15) is 4.88 Å². The molecule has 21 heavy (non-hydrogen) atoms. The van der Waals surface area contributed by atoms with Gasteiger partial charge in [-0.15, -0.1) is 11.3 Å². The fourth-order valence-corrected chi connectivity index (χ4v) is 2.89. The lowest BCUT2D eigenvalue weighted by Gasteiger charge is -2.17. The molecule has 2 rings (SSSR count). The number of hydrogen-bond donors (Lipinski definition) is 1. The van der Waals surface area contributed by atoms with Crippen molar-refractivity contribution in [2.45, 2.75) is 6.54 Å². The summed E-state index contributed by atoms with van der Waals surface area (Å²) >= 11 is 7.51. The molecule has 0 aliphatic heterocycles. The minimum atomic E-state index is -0.0637. The van der Waals surface area contributed by atoms with Gasteiger partial charge in [0.25, 0.3) is 5.91 Å². The van der Waals surface area contributed by atoms with Crippen molar-refractivity contribution in [3.05, 3.63) is 56.7 Å². The van der Waals surface area contributed by atoms with Crippen molar-refractivity contribution < 1.29 is 4.79 Å². The summed E-state index contributed by atoms with van der Waals surface area (Å²) < 4.78 is 0. The third-order valence-corrected chi connectivity index (χ3v) is 4.17. The van der Waals surface area contributed by atoms with Crippen molar-refractivity contribution in [2.75, 3.05) is 13.6 Å². The SMILES string of the molecule is CN(Cc1ccccc1Cl)C(=O)c1sccc1C#CCN. The second kappa shape index (κ2) is 7.28. The Bertz CT molecular complexity index is 700. The molecule has 0 bridgehead atoms. The number of rotatable bonds is 3. The highest BCUT2D eigenvalue weighted by atomic mass is 35.5. The van der Waals surface area contributed by atoms with E-state index in [1.165, 1.54) is 11.3 Å². The molecule has 1 heterocycles. The first-order chi connectivity index (χ1) is 10.1. The Balaban J connectivity index is 2.17. The molecular formula is C16H15ClN2OS. The molecule has 5 heteroatoms. The van der Waals surface area contributed by atoms with E-state index in [0.29, 0.717) is 16.4 Å². The van der Waals surface area contributed by atoms with Crippen molar-refractivity contribution in [1.29, 1.82) is 0 Å². The lowest BCUT2D eigenvalue weighted by atomic mass is 10.2. The van der Waals surface area contributed by atoms with Crippen LogP contribution in [-0.2, 0) is 6.54 Å². The molecule has 1 amide bonds. The molecule has 1 aromatic carbocycles. The van der Waals surface area contributed by atoms with Crippen LogP contribution < -0.4 is 5.73 Å². The number of benzene rings is 1. The maximum absolute atomic E-state index is 12.5. The van der Waals surface area contributed by atoms with Gasteiger partial charge in [-0.25, -0.2) is 0 Å². The first-order valence-electron chi connectivity index (χ1n) is 6.38. The number of hydrogen-bond acceptors (Lipinski definition) is 3. The molecule has 0 radical (unpaired) electrons. The average Bonchev–Trinajstić information content (AvgIpc) is 2.95. The Morgan fingerprint density at radius 1 is 1.38 bits per heavy atom. The molecule has 0 fully saturated rings. The van der Waals surface area contributed by atoms with Gasteiger partial charge < -0.3 is 10.6 Å². The molecule has 0 spiro atoms. The number of carbonyl (C=O) groups is 1. The highest BCUT2D eigenvalue weighted by Crippen LogP contribution is 2.21. The predicted octanol–water partition coefficient (Wildman–Crippen LogP) is 2.98. The van der Waals surface area contributed by atoms with E-state index in [9.17, 15) is 4.79 Å². The van der Waals surface area contributed by atoms with E-state index < -0.39 is 0 Å². The highest BCUT2D eigenvalue weighted by molar-refractivity contribution is 7.12. The molecule has 2 aromatic rings. The van der Waals surface area contributed by atoms with E-state index in [0.717, 1.165) is 11.1 Å². The lowest BCUT2D eigenvalue weighted by molar-refractivity contribution is 0.0789. The molecule has 0 saturated carbocycles. The van der Waals surface area contributed by atoms with Gasteiger partial charge in [-0.1, -0.05) is 41.6 Å². The summed E-state index contributed by atoms with van der Waals surface area (Å²) in [6, 6.07) is 9.34. The number of nitrogens with zero attached hydrogens (tertiary/aromatic N) is 1. The van der Waals surface area contributed by atoms with E-state index >= 15 is 0 Å². The topological polar surface area (TPSA) is 46.3 Å². The largest absolute Gasteiger partial charge is 0.337 e. The van der Waals surface area contributed by atoms with Gasteiger partial charge in [-0.3, -0.25) is 4.79 Å². The van der Waals surface area contributed by atoms with E-state index in [1.54, 1.807) is 11.9 Å². The van der Waals surface area contributed by atoms with Crippen molar-refractivity contribution in [2.24, 2.45) is 5.73 Å². The van der Waals surface area contributed by atoms with Crippen molar-refractivity contribution in [1.82, 2.24) is 4.90 Å². The van der Waals surface area contributed by atoms with Gasteiger partial charge >= 0.3 is 0 Å². The van der Waals surface area contributed by atoms with Crippen molar-refractivity contribution in [3.63, 3.8) is 0 Å². The summed E-state index contributed by atoms with van der Waals surface area (Å²) in [5, 5.41) is 2.52. The Kier molecular flexibility index (Phi) is 5.40. The van der Waals surface area contributed by atoms with Crippen LogP contribution >= 0.6 is 22.9 Å². The molecule has 108 valence electrons. The third kappa shape index (κ3) is 3.85. The summed E-state index contributed by atoms with van der Waals surface area (Å²) in [5.41, 5.74) is 7.01. The molecule has 0 atom stereocenters. The van der Waals surface area contributed by atoms with E-state index in [4.69, 9.17) is 17.3 Å². The number of halogens is 1. The van der Waals surface area contributed by atoms with Crippen LogP contribution in [0.5, 0.6) is 0 Å². The standard InChI is InChI=1S/C16H15ClN2OS/c1-19(11-13-5-2-3-7-14(13)17)16(20)15-12(6-4-9-18)8-10-21-15/h2-3,5,7-8,10H,9,11,18H2,1H3. The molecule has 3 nitrogen and oxygen atoms in total. The Hall–Kier alpha value is -1.80. The highest BCUT2D eigenvalue weighted by Gasteiger charge is 2.17. The molecule has 0 saturated heterocycles. The van der Waals surface area contributed by atoms with Crippen LogP contribution in [-0.4, -0.2) is 24.4 Å². The quantitative estimate of drug-likeness (QED) is 0.884. The zero-order valence-corrected chi connectivity index (χ0v) is 13.2. The monoisotopic (exact) mass is 318 g/mol. The predicted molar refractivity (Wildman–Crippen MR) is 87.5 cm³/mol. The maximum atomic E-state index is 12.5. The number of nitrogens with two attached hydrogens (primary N) is 1. The van der Waals surface area contributed by atoms with Crippen LogP contribution in [0.3, 0.4) is 0 Å². The molecule has 0 aliphatic rings. The van der Waals surface area contributed by atoms with E-state index in [-0.39, 0.29) is 12.5 Å². The first-order valence-corrected chi connectivity index (χ1v) is 7.64. The van der Waals surface area contributed by atoms with Crippen LogP contribution in [0.25, 0.3) is 0 Å². The summed E-state index contributed by atoms with van der Waals surface area (Å²) in [7, 11) is 1.76. The zero-order chi connectivity index (χ0) is 15.2. The lowest BCUT2D eigenvalue weighted by Crippen LogP contribution is -2.26. The van der Waals surface area contributed by atoms with E-state index in [2.05, 4.69) is 11.8 Å². The molecule has 0 aliphatic carbocycles. The number of thiophene rings is 1. The second-order valence-corrected chi connectivity index (χ2v) is 5.75. The van der Waals surface area contributed by atoms with Crippen molar-refractivity contribution >= 4 is 28.8 Å². The molecule has 0 unspecified atom stereocenters. The summed E-state index contributed by atoms with van der Waals surface area (Å²) in [6.45, 7) is 0.735. The molecular weight excluding hydrogens is 304 g/mol. The third-order valence-electron chi connectivity index (χ3n) is 2.90. The average molecular weight is 319 g/mol. The van der Waals surface area contributed by atoms with Gasteiger partial charge in [0.05, 0.1) is 6.54 Å².